The first kappa shape index (κ1) is 36.0. The van der Waals surface area contributed by atoms with E-state index in [4.69, 9.17) is 9.47 Å². The number of rotatable bonds is 8. The van der Waals surface area contributed by atoms with Crippen LogP contribution in [0.3, 0.4) is 0 Å². The Morgan fingerprint density at radius 2 is 1.53 bits per heavy atom. The molecule has 0 heterocycles. The van der Waals surface area contributed by atoms with Crippen LogP contribution in [0, 0.1) is 0 Å². The third-order valence-electron chi connectivity index (χ3n) is 1.55. The van der Waals surface area contributed by atoms with Crippen molar-refractivity contribution in [2.24, 2.45) is 0 Å². The zero-order chi connectivity index (χ0) is 9.23. The molecule has 0 aliphatic heterocycles. The highest BCUT2D eigenvalue weighted by atomic mass is 16.5. The van der Waals surface area contributed by atoms with Crippen molar-refractivity contribution < 1.29 is 9.47 Å². The van der Waals surface area contributed by atoms with Crippen LogP contribution in [-0.4, -0.2) is 39.5 Å². The molecule has 3 nitrogen and oxygen atoms in total. The van der Waals surface area contributed by atoms with Crippen molar-refractivity contribution in [3.8, 4) is 0 Å². The number of ether oxygens (including phenoxy) is 2. The Morgan fingerprint density at radius 1 is 1.00 bits per heavy atom. The average Bonchev–Trinajstić information content (AvgIpc) is 2.06. The summed E-state index contributed by atoms with van der Waals surface area (Å²) in [6.45, 7) is 7.58. The molecule has 17 heavy (non-hydrogen) atoms. The van der Waals surface area contributed by atoms with E-state index in [9.17, 15) is 0 Å². The lowest BCUT2D eigenvalue weighted by molar-refractivity contribution is 0.0268. The monoisotopic (exact) mass is 255 g/mol. The molecule has 0 fully saturated rings. The number of hydrogen-bond acceptors (Lipinski definition) is 3. The normalized spacial score (nSPS) is 9.35. The van der Waals surface area contributed by atoms with Crippen molar-refractivity contribution in [2.45, 2.75) is 63.5 Å². The van der Waals surface area contributed by atoms with Crippen molar-refractivity contribution in [3.63, 3.8) is 0 Å². The predicted molar refractivity (Wildman–Crippen MR) is 84.1 cm³/mol. The summed E-state index contributed by atoms with van der Waals surface area (Å²) in [5.74, 6) is 0. The molecule has 0 aliphatic rings. The van der Waals surface area contributed by atoms with Gasteiger partial charge in [-0.25, -0.2) is 0 Å². The van der Waals surface area contributed by atoms with Gasteiger partial charge in [-0.1, -0.05) is 44.1 Å². The molecule has 0 radical (unpaired) electrons. The second-order valence-corrected chi connectivity index (χ2v) is 2.88. The van der Waals surface area contributed by atoms with Crippen LogP contribution in [0.15, 0.2) is 0 Å². The number of hydrogen-bond donors (Lipinski definition) is 1. The number of nitrogens with one attached hydrogen (secondary N) is 1. The fraction of sp³-hybridized carbons (Fsp3) is 1.00. The molecule has 0 aliphatic carbocycles. The molecule has 0 bridgehead atoms. The van der Waals surface area contributed by atoms with E-state index >= 15 is 0 Å². The lowest BCUT2D eigenvalue weighted by Gasteiger charge is -2.12. The second-order valence-electron chi connectivity index (χ2n) is 2.88. The molecule has 0 aromatic rings. The molecule has 0 rings (SSSR count). The summed E-state index contributed by atoms with van der Waals surface area (Å²) in [6, 6.07) is 0. The summed E-state index contributed by atoms with van der Waals surface area (Å²) in [4.78, 5) is 0. The van der Waals surface area contributed by atoms with Gasteiger partial charge in [0.2, 0.25) is 0 Å². The maximum absolute atomic E-state index is 5.44. The summed E-state index contributed by atoms with van der Waals surface area (Å²) in [7, 11) is 1.68. The van der Waals surface area contributed by atoms with Crippen LogP contribution in [0.2, 0.25) is 0 Å². The zero-order valence-corrected chi connectivity index (χ0v) is 8.43. The molecule has 0 amide bonds. The van der Waals surface area contributed by atoms with Gasteiger partial charge in [0.05, 0.1) is 19.3 Å². The lowest BCUT2D eigenvalue weighted by Crippen LogP contribution is -2.28. The van der Waals surface area contributed by atoms with Gasteiger partial charge in [-0.15, -0.1) is 0 Å². The lowest BCUT2D eigenvalue weighted by atomic mass is 10.4. The molecule has 3 heteroatoms. The van der Waals surface area contributed by atoms with Gasteiger partial charge in [0.15, 0.2) is 0 Å². The van der Waals surface area contributed by atoms with Crippen LogP contribution < -0.4 is 5.32 Å². The van der Waals surface area contributed by atoms with E-state index < -0.39 is 0 Å². The maximum Gasteiger partial charge on any atom is 0.0704 e. The standard InChI is InChI=1S/C9H21NO2.5CH4/c1-4-5-10-8-9(2)12-7-6-11-3;;;;;/h9-10H,4-8H2,1-3H3;5*1H4. The minimum Gasteiger partial charge on any atom is -0.382 e. The van der Waals surface area contributed by atoms with Crippen molar-refractivity contribution in [1.82, 2.24) is 5.32 Å². The van der Waals surface area contributed by atoms with Gasteiger partial charge in [0.25, 0.3) is 0 Å². The first-order valence-corrected chi connectivity index (χ1v) is 4.62. The van der Waals surface area contributed by atoms with Gasteiger partial charge in [0.1, 0.15) is 0 Å². The Balaban J connectivity index is -0.0000000605. The molecule has 0 aromatic heterocycles. The molecule has 1 N–H and O–H groups in total. The van der Waals surface area contributed by atoms with Crippen molar-refractivity contribution >= 4 is 0 Å². The van der Waals surface area contributed by atoms with Crippen LogP contribution in [-0.2, 0) is 9.47 Å². The topological polar surface area (TPSA) is 30.5 Å². The molecule has 0 saturated heterocycles. The van der Waals surface area contributed by atoms with E-state index in [0.717, 1.165) is 13.1 Å². The van der Waals surface area contributed by atoms with Crippen LogP contribution in [0.25, 0.3) is 0 Å². The summed E-state index contributed by atoms with van der Waals surface area (Å²) >= 11 is 0. The number of methoxy groups -OCH3 is 1. The van der Waals surface area contributed by atoms with Crippen molar-refractivity contribution in [1.29, 1.82) is 0 Å². The average molecular weight is 255 g/mol. The van der Waals surface area contributed by atoms with Gasteiger partial charge < -0.3 is 14.8 Å². The molecule has 0 saturated carbocycles. The first-order valence-electron chi connectivity index (χ1n) is 4.62. The highest BCUT2D eigenvalue weighted by Gasteiger charge is 1.99. The third-order valence-corrected chi connectivity index (χ3v) is 1.55. The summed E-state index contributed by atoms with van der Waals surface area (Å²) < 4.78 is 10.3. The zero-order valence-electron chi connectivity index (χ0n) is 8.43. The highest BCUT2D eigenvalue weighted by molar-refractivity contribution is 4.54. The van der Waals surface area contributed by atoms with E-state index in [1.54, 1.807) is 7.11 Å². The van der Waals surface area contributed by atoms with Crippen LogP contribution >= 0.6 is 0 Å². The Hall–Kier alpha value is -0.120. The minimum absolute atomic E-state index is 0. The summed E-state index contributed by atoms with van der Waals surface area (Å²) in [5, 5.41) is 3.30. The Kier molecular flexibility index (Phi) is 62.8. The molecule has 1 atom stereocenters. The summed E-state index contributed by atoms with van der Waals surface area (Å²) in [5.41, 5.74) is 0. The highest BCUT2D eigenvalue weighted by Crippen LogP contribution is 1.88. The SMILES string of the molecule is C.C.C.C.C.CCCNCC(C)OCCOC. The fourth-order valence-corrected chi connectivity index (χ4v) is 0.874. The molecule has 0 aromatic carbocycles. The van der Waals surface area contributed by atoms with Gasteiger partial charge in [-0.3, -0.25) is 0 Å². The predicted octanol–water partition coefficient (Wildman–Crippen LogP) is 4.22. The Bertz CT molecular complexity index is 80.3. The molecular weight excluding hydrogens is 214 g/mol. The van der Waals surface area contributed by atoms with Crippen LogP contribution in [0.1, 0.15) is 57.4 Å². The molecule has 114 valence electrons. The van der Waals surface area contributed by atoms with Gasteiger partial charge in [-0.05, 0) is 19.9 Å². The first-order chi connectivity index (χ1) is 5.81. The Morgan fingerprint density at radius 3 is 1.94 bits per heavy atom. The van der Waals surface area contributed by atoms with Crippen molar-refractivity contribution in [2.75, 3.05) is 33.4 Å². The smallest absolute Gasteiger partial charge is 0.0704 e. The van der Waals surface area contributed by atoms with E-state index in [2.05, 4.69) is 19.2 Å². The second kappa shape index (κ2) is 29.7. The molecular formula is C14H41NO2. The van der Waals surface area contributed by atoms with E-state index in [0.29, 0.717) is 13.2 Å². The summed E-state index contributed by atoms with van der Waals surface area (Å²) in [6.07, 6.45) is 1.46. The molecule has 1 unspecified atom stereocenters. The van der Waals surface area contributed by atoms with E-state index in [1.165, 1.54) is 6.42 Å². The van der Waals surface area contributed by atoms with Gasteiger partial charge in [-0.2, -0.15) is 0 Å². The van der Waals surface area contributed by atoms with Gasteiger partial charge in [0, 0.05) is 13.7 Å². The minimum atomic E-state index is 0. The molecule has 0 spiro atoms. The quantitative estimate of drug-likeness (QED) is 0.659. The van der Waals surface area contributed by atoms with Crippen molar-refractivity contribution in [3.05, 3.63) is 0 Å². The fourth-order valence-electron chi connectivity index (χ4n) is 0.874. The van der Waals surface area contributed by atoms with Crippen LogP contribution in [0.4, 0.5) is 0 Å². The third kappa shape index (κ3) is 31.3. The van der Waals surface area contributed by atoms with Gasteiger partial charge >= 0.3 is 0 Å². The van der Waals surface area contributed by atoms with E-state index in [-0.39, 0.29) is 43.2 Å². The Labute approximate surface area is 112 Å². The maximum atomic E-state index is 5.44. The largest absolute Gasteiger partial charge is 0.382 e. The van der Waals surface area contributed by atoms with Crippen LogP contribution in [0.5, 0.6) is 0 Å². The van der Waals surface area contributed by atoms with E-state index in [1.807, 2.05) is 0 Å².